The van der Waals surface area contributed by atoms with Crippen molar-refractivity contribution in [2.75, 3.05) is 26.7 Å². The molecule has 12 heteroatoms. The minimum Gasteiger partial charge on any atom is -0.368 e. The van der Waals surface area contributed by atoms with Gasteiger partial charge in [-0.15, -0.1) is 0 Å². The maximum Gasteiger partial charge on any atom is 0.243 e. The minimum atomic E-state index is -1.18. The summed E-state index contributed by atoms with van der Waals surface area (Å²) in [6.45, 7) is 3.72. The van der Waals surface area contributed by atoms with Crippen LogP contribution in [0.4, 0.5) is 0 Å². The van der Waals surface area contributed by atoms with E-state index in [-0.39, 0.29) is 24.7 Å². The van der Waals surface area contributed by atoms with Crippen LogP contribution in [0.2, 0.25) is 0 Å². The van der Waals surface area contributed by atoms with Crippen LogP contribution in [0.15, 0.2) is 115 Å². The molecule has 0 saturated carbocycles. The van der Waals surface area contributed by atoms with Gasteiger partial charge >= 0.3 is 0 Å². The van der Waals surface area contributed by atoms with E-state index in [1.807, 2.05) is 122 Å². The number of nitrogens with one attached hydrogen (secondary N) is 4. The number of rotatable bonds is 19. The molecule has 5 amide bonds. The topological polar surface area (TPSA) is 189 Å². The molecule has 0 radical (unpaired) electrons. The third-order valence-electron chi connectivity index (χ3n) is 12.0. The molecule has 1 aliphatic heterocycles. The van der Waals surface area contributed by atoms with Gasteiger partial charge in [0.1, 0.15) is 24.2 Å². The summed E-state index contributed by atoms with van der Waals surface area (Å²) in [5, 5.41) is 16.2. The summed E-state index contributed by atoms with van der Waals surface area (Å²) in [5.41, 5.74) is 13.8. The number of hydrogen-bond acceptors (Lipinski definition) is 7. The highest BCUT2D eigenvalue weighted by Crippen LogP contribution is 2.26. The third-order valence-corrected chi connectivity index (χ3v) is 12.0. The van der Waals surface area contributed by atoms with Gasteiger partial charge in [0.2, 0.25) is 29.5 Å². The van der Waals surface area contributed by atoms with E-state index >= 15 is 0 Å². The molecule has 0 spiro atoms. The number of nitrogens with two attached hydrogens (primary N) is 2. The minimum absolute atomic E-state index is 0.107. The predicted octanol–water partition coefficient (Wildman–Crippen LogP) is 4.48. The van der Waals surface area contributed by atoms with E-state index in [0.717, 1.165) is 38.2 Å². The maximum absolute atomic E-state index is 14.9. The van der Waals surface area contributed by atoms with E-state index in [1.54, 1.807) is 7.05 Å². The van der Waals surface area contributed by atoms with Gasteiger partial charge in [-0.05, 0) is 90.0 Å². The second-order valence-corrected chi connectivity index (χ2v) is 16.3. The molecule has 6 rings (SSSR count). The summed E-state index contributed by atoms with van der Waals surface area (Å²) in [6, 6.07) is 32.8. The number of carbonyl (C=O) groups is 5. The normalized spacial score (nSPS) is 15.5. The first-order valence-electron chi connectivity index (χ1n) is 21.4. The number of unbranched alkanes of at least 4 members (excludes halogenated alkanes) is 1. The van der Waals surface area contributed by atoms with E-state index in [4.69, 9.17) is 11.5 Å². The van der Waals surface area contributed by atoms with Crippen molar-refractivity contribution in [1.82, 2.24) is 26.2 Å². The van der Waals surface area contributed by atoms with E-state index in [9.17, 15) is 24.0 Å². The van der Waals surface area contributed by atoms with Crippen LogP contribution in [-0.2, 0) is 36.8 Å². The summed E-state index contributed by atoms with van der Waals surface area (Å²) in [5.74, 6) is -3.32. The zero-order chi connectivity index (χ0) is 43.3. The Morgan fingerprint density at radius 3 is 1.93 bits per heavy atom. The molecule has 1 saturated heterocycles. The van der Waals surface area contributed by atoms with Crippen molar-refractivity contribution in [3.8, 4) is 0 Å². The van der Waals surface area contributed by atoms with Crippen LogP contribution in [0.1, 0.15) is 61.6 Å². The fraction of sp³-hybridized carbons (Fsp3) is 0.367. The molecule has 1 aliphatic rings. The molecule has 1 heterocycles. The van der Waals surface area contributed by atoms with E-state index < -0.39 is 53.7 Å². The lowest BCUT2D eigenvalue weighted by Crippen LogP contribution is -2.60. The van der Waals surface area contributed by atoms with Crippen molar-refractivity contribution in [3.05, 3.63) is 132 Å². The van der Waals surface area contributed by atoms with Crippen LogP contribution < -0.4 is 32.7 Å². The van der Waals surface area contributed by atoms with Crippen molar-refractivity contribution in [3.63, 3.8) is 0 Å². The molecule has 12 nitrogen and oxygen atoms in total. The number of amides is 5. The van der Waals surface area contributed by atoms with E-state index in [2.05, 4.69) is 21.3 Å². The lowest BCUT2D eigenvalue weighted by Gasteiger charge is -2.34. The first-order chi connectivity index (χ1) is 29.5. The van der Waals surface area contributed by atoms with Gasteiger partial charge in [0.15, 0.2) is 0 Å². The van der Waals surface area contributed by atoms with Crippen molar-refractivity contribution in [2.24, 2.45) is 17.4 Å². The van der Waals surface area contributed by atoms with Crippen molar-refractivity contribution < 1.29 is 24.0 Å². The van der Waals surface area contributed by atoms with Gasteiger partial charge in [-0.1, -0.05) is 122 Å². The molecule has 61 heavy (non-hydrogen) atoms. The van der Waals surface area contributed by atoms with Crippen LogP contribution >= 0.6 is 0 Å². The van der Waals surface area contributed by atoms with Gasteiger partial charge < -0.3 is 37.6 Å². The summed E-state index contributed by atoms with van der Waals surface area (Å²) < 4.78 is 0. The molecule has 0 bridgehead atoms. The molecule has 0 aliphatic carbocycles. The number of benzene rings is 5. The van der Waals surface area contributed by atoms with E-state index in [0.29, 0.717) is 51.7 Å². The van der Waals surface area contributed by atoms with Crippen LogP contribution in [0.5, 0.6) is 0 Å². The van der Waals surface area contributed by atoms with Crippen LogP contribution in [0, 0.1) is 5.92 Å². The smallest absolute Gasteiger partial charge is 0.243 e. The lowest BCUT2D eigenvalue weighted by molar-refractivity contribution is -0.143. The molecule has 5 aromatic carbocycles. The largest absolute Gasteiger partial charge is 0.368 e. The Bertz CT molecular complexity index is 2300. The standard InChI is InChI=1S/C49H59N7O5/c1-32(38-22-21-36-15-7-9-17-40(36)31-38)44(48(60)54-42(29-33-12-4-3-5-13-33)46(58)53-41(45(51)57)18-10-11-25-50)55-47(59)43(56(2)49(61)37-23-26-52-27-24-37)30-34-19-20-35-14-6-8-16-39(35)28-34/h3-9,12-17,19-22,28,31-32,37,41-44,52H,10-11,18,23-27,29-30,50H2,1-2H3,(H2,51,57)(H,53,58)(H,54,60)(H,55,59)/t32-,41+,42?,43?,44?/m1/s1. The van der Waals surface area contributed by atoms with E-state index in [1.165, 1.54) is 4.90 Å². The number of piperidine rings is 1. The highest BCUT2D eigenvalue weighted by Gasteiger charge is 2.37. The Morgan fingerprint density at radius 2 is 1.28 bits per heavy atom. The lowest BCUT2D eigenvalue weighted by atomic mass is 9.90. The Hall–Kier alpha value is -6.11. The zero-order valence-electron chi connectivity index (χ0n) is 35.1. The molecule has 5 aromatic rings. The van der Waals surface area contributed by atoms with Crippen molar-refractivity contribution in [2.45, 2.75) is 82.0 Å². The average molecular weight is 826 g/mol. The zero-order valence-corrected chi connectivity index (χ0v) is 35.1. The van der Waals surface area contributed by atoms with Gasteiger partial charge in [-0.25, -0.2) is 0 Å². The predicted molar refractivity (Wildman–Crippen MR) is 240 cm³/mol. The fourth-order valence-corrected chi connectivity index (χ4v) is 8.23. The summed E-state index contributed by atoms with van der Waals surface area (Å²) in [7, 11) is 1.67. The van der Waals surface area contributed by atoms with Crippen LogP contribution in [0.3, 0.4) is 0 Å². The maximum atomic E-state index is 14.9. The van der Waals surface area contributed by atoms with Crippen molar-refractivity contribution in [1.29, 1.82) is 0 Å². The Morgan fingerprint density at radius 1 is 0.672 bits per heavy atom. The number of hydrogen-bond donors (Lipinski definition) is 6. The van der Waals surface area contributed by atoms with Gasteiger partial charge in [-0.3, -0.25) is 24.0 Å². The monoisotopic (exact) mass is 825 g/mol. The number of fused-ring (bicyclic) bond motifs is 2. The van der Waals surface area contributed by atoms with Gasteiger partial charge in [0.05, 0.1) is 0 Å². The molecule has 320 valence electrons. The summed E-state index contributed by atoms with van der Waals surface area (Å²) in [6.07, 6.45) is 3.16. The second kappa shape index (κ2) is 21.4. The highest BCUT2D eigenvalue weighted by molar-refractivity contribution is 5.96. The Labute approximate surface area is 358 Å². The van der Waals surface area contributed by atoms with Crippen LogP contribution in [0.25, 0.3) is 21.5 Å². The van der Waals surface area contributed by atoms with Crippen LogP contribution in [-0.4, -0.2) is 85.3 Å². The molecular weight excluding hydrogens is 767 g/mol. The average Bonchev–Trinajstić information content (AvgIpc) is 3.28. The number of likely N-dealkylation sites (N-methyl/N-ethyl adjacent to an activating group) is 1. The number of primary amides is 1. The highest BCUT2D eigenvalue weighted by atomic mass is 16.2. The number of carbonyl (C=O) groups excluding carboxylic acids is 5. The molecule has 1 fully saturated rings. The third kappa shape index (κ3) is 11.8. The van der Waals surface area contributed by atoms with Gasteiger partial charge in [-0.2, -0.15) is 0 Å². The Balaban J connectivity index is 1.34. The first-order valence-corrected chi connectivity index (χ1v) is 21.4. The summed E-state index contributed by atoms with van der Waals surface area (Å²) >= 11 is 0. The fourth-order valence-electron chi connectivity index (χ4n) is 8.23. The van der Waals surface area contributed by atoms with Crippen molar-refractivity contribution >= 4 is 51.1 Å². The molecule has 8 N–H and O–H groups in total. The Kier molecular flexibility index (Phi) is 15.6. The molecule has 0 aromatic heterocycles. The second-order valence-electron chi connectivity index (χ2n) is 16.3. The molecule has 3 unspecified atom stereocenters. The van der Waals surface area contributed by atoms with Gasteiger partial charge in [0.25, 0.3) is 0 Å². The summed E-state index contributed by atoms with van der Waals surface area (Å²) in [4.78, 5) is 72.0. The quantitative estimate of drug-likeness (QED) is 0.0663. The first kappa shape index (κ1) is 44.4. The molecule has 5 atom stereocenters. The number of nitrogens with zero attached hydrogens (tertiary/aromatic N) is 1. The SMILES string of the molecule is C[C@H](c1ccc2ccccc2c1)C(NC(=O)C(Cc1ccc2ccccc2c1)N(C)C(=O)C1CCNCC1)C(=O)NC(Cc1ccccc1)C(=O)N[C@@H](CCCCN)C(N)=O. The molecular formula is C49H59N7O5. The van der Waals surface area contributed by atoms with Gasteiger partial charge in [0, 0.05) is 31.7 Å².